The first-order valence-electron chi connectivity index (χ1n) is 7.85. The average Bonchev–Trinajstić information content (AvgIpc) is 2.57. The van der Waals surface area contributed by atoms with E-state index < -0.39 is 37.1 Å². The van der Waals surface area contributed by atoms with E-state index in [2.05, 4.69) is 0 Å². The zero-order chi connectivity index (χ0) is 17.6. The summed E-state index contributed by atoms with van der Waals surface area (Å²) in [6.07, 6.45) is -5.59. The van der Waals surface area contributed by atoms with Crippen molar-refractivity contribution in [3.8, 4) is 0 Å². The van der Waals surface area contributed by atoms with Gasteiger partial charge in [-0.1, -0.05) is 38.1 Å². The molecule has 0 aliphatic carbocycles. The lowest BCUT2D eigenvalue weighted by Gasteiger charge is -2.40. The number of ketones is 1. The summed E-state index contributed by atoms with van der Waals surface area (Å²) in [6, 6.07) is 6.94. The van der Waals surface area contributed by atoms with Crippen LogP contribution in [0.25, 0.3) is 0 Å². The minimum absolute atomic E-state index is 0.102. The first-order valence-corrected chi connectivity index (χ1v) is 7.85. The van der Waals surface area contributed by atoms with Gasteiger partial charge in [-0.05, 0) is 12.5 Å². The van der Waals surface area contributed by atoms with Gasteiger partial charge in [0.15, 0.2) is 5.78 Å². The molecule has 0 saturated carbocycles. The van der Waals surface area contributed by atoms with Gasteiger partial charge in [0.1, 0.15) is 24.4 Å². The second-order valence-electron chi connectivity index (χ2n) is 5.28. The molecule has 130 valence electrons. The molecule has 23 heavy (non-hydrogen) atoms. The van der Waals surface area contributed by atoms with Gasteiger partial charge >= 0.3 is 0 Å². The standard InChI is InChI=1S/C15H20O6.C2H6/c1-8(17)10-5-3-2-4-9(10)6-11-13(18)15(20)14(19)12(7-16)21-11;1-2/h2-5,11-16,18-20H,6-7H2,1H3;1-2H3. The predicted octanol–water partition coefficient (Wildman–Crippen LogP) is 0.300. The van der Waals surface area contributed by atoms with Crippen molar-refractivity contribution in [2.24, 2.45) is 0 Å². The van der Waals surface area contributed by atoms with Gasteiger partial charge in [0.2, 0.25) is 0 Å². The van der Waals surface area contributed by atoms with E-state index >= 15 is 0 Å². The normalized spacial score (nSPS) is 30.3. The van der Waals surface area contributed by atoms with Crippen molar-refractivity contribution in [3.63, 3.8) is 0 Å². The van der Waals surface area contributed by atoms with Crippen LogP contribution in [-0.4, -0.2) is 63.3 Å². The van der Waals surface area contributed by atoms with Gasteiger partial charge in [0.05, 0.1) is 12.7 Å². The molecule has 1 aliphatic heterocycles. The summed E-state index contributed by atoms with van der Waals surface area (Å²) in [5.41, 5.74) is 1.21. The molecule has 4 N–H and O–H groups in total. The first-order chi connectivity index (χ1) is 11.0. The Morgan fingerprint density at radius 1 is 1.04 bits per heavy atom. The maximum atomic E-state index is 11.6. The highest BCUT2D eigenvalue weighted by molar-refractivity contribution is 5.95. The fraction of sp³-hybridized carbons (Fsp3) is 0.588. The Morgan fingerprint density at radius 3 is 2.17 bits per heavy atom. The Hall–Kier alpha value is -1.31. The van der Waals surface area contributed by atoms with Crippen LogP contribution in [0.1, 0.15) is 36.7 Å². The quantitative estimate of drug-likeness (QED) is 0.593. The van der Waals surface area contributed by atoms with Gasteiger partial charge in [0, 0.05) is 12.0 Å². The molecule has 1 saturated heterocycles. The zero-order valence-electron chi connectivity index (χ0n) is 13.7. The van der Waals surface area contributed by atoms with Gasteiger partial charge in [0.25, 0.3) is 0 Å². The average molecular weight is 326 g/mol. The number of carbonyl (C=O) groups is 1. The van der Waals surface area contributed by atoms with Crippen LogP contribution in [0, 0.1) is 0 Å². The third-order valence-electron chi connectivity index (χ3n) is 3.81. The number of aliphatic hydroxyl groups is 4. The monoisotopic (exact) mass is 326 g/mol. The zero-order valence-corrected chi connectivity index (χ0v) is 13.7. The number of rotatable bonds is 4. The van der Waals surface area contributed by atoms with Crippen molar-refractivity contribution in [1.29, 1.82) is 0 Å². The highest BCUT2D eigenvalue weighted by Gasteiger charge is 2.43. The smallest absolute Gasteiger partial charge is 0.160 e. The molecule has 0 spiro atoms. The minimum atomic E-state index is -1.40. The highest BCUT2D eigenvalue weighted by atomic mass is 16.5. The topological polar surface area (TPSA) is 107 Å². The molecule has 1 fully saturated rings. The fourth-order valence-corrected chi connectivity index (χ4v) is 2.61. The van der Waals surface area contributed by atoms with Gasteiger partial charge in [-0.2, -0.15) is 0 Å². The van der Waals surface area contributed by atoms with E-state index in [0.29, 0.717) is 11.1 Å². The summed E-state index contributed by atoms with van der Waals surface area (Å²) in [5.74, 6) is -0.102. The van der Waals surface area contributed by atoms with Gasteiger partial charge in [-0.25, -0.2) is 0 Å². The van der Waals surface area contributed by atoms with Crippen molar-refractivity contribution >= 4 is 5.78 Å². The third-order valence-corrected chi connectivity index (χ3v) is 3.81. The molecule has 2 rings (SSSR count). The third kappa shape index (κ3) is 4.59. The maximum Gasteiger partial charge on any atom is 0.160 e. The van der Waals surface area contributed by atoms with Crippen molar-refractivity contribution in [1.82, 2.24) is 0 Å². The lowest BCUT2D eigenvalue weighted by Crippen LogP contribution is -2.59. The number of Topliss-reactive ketones (excluding diaryl/α,β-unsaturated/α-hetero) is 1. The van der Waals surface area contributed by atoms with Crippen molar-refractivity contribution in [2.75, 3.05) is 6.61 Å². The van der Waals surface area contributed by atoms with Crippen LogP contribution in [0.5, 0.6) is 0 Å². The predicted molar refractivity (Wildman–Crippen MR) is 85.3 cm³/mol. The molecule has 0 aromatic heterocycles. The number of hydrogen-bond acceptors (Lipinski definition) is 6. The van der Waals surface area contributed by atoms with Crippen molar-refractivity contribution < 1.29 is 30.0 Å². The number of hydrogen-bond donors (Lipinski definition) is 4. The molecule has 0 amide bonds. The number of carbonyl (C=O) groups excluding carboxylic acids is 1. The van der Waals surface area contributed by atoms with Gasteiger partial charge < -0.3 is 25.2 Å². The lowest BCUT2D eigenvalue weighted by atomic mass is 9.90. The molecule has 1 aliphatic rings. The number of aliphatic hydroxyl groups excluding tert-OH is 4. The van der Waals surface area contributed by atoms with E-state index in [0.717, 1.165) is 0 Å². The molecule has 1 aromatic rings. The molecule has 5 unspecified atom stereocenters. The van der Waals surface area contributed by atoms with Crippen LogP contribution >= 0.6 is 0 Å². The summed E-state index contributed by atoms with van der Waals surface area (Å²) >= 11 is 0. The Morgan fingerprint density at radius 2 is 1.61 bits per heavy atom. The van der Waals surface area contributed by atoms with E-state index in [4.69, 9.17) is 9.84 Å². The van der Waals surface area contributed by atoms with Crippen molar-refractivity contribution in [2.45, 2.75) is 57.7 Å². The molecule has 1 aromatic carbocycles. The Balaban J connectivity index is 0.00000127. The molecule has 6 heteroatoms. The first kappa shape index (κ1) is 19.7. The fourth-order valence-electron chi connectivity index (χ4n) is 2.61. The highest BCUT2D eigenvalue weighted by Crippen LogP contribution is 2.25. The maximum absolute atomic E-state index is 11.6. The summed E-state index contributed by atoms with van der Waals surface area (Å²) in [6.45, 7) is 4.99. The molecule has 0 bridgehead atoms. The van der Waals surface area contributed by atoms with E-state index in [1.54, 1.807) is 24.3 Å². The second kappa shape index (κ2) is 9.10. The van der Waals surface area contributed by atoms with Gasteiger partial charge in [-0.3, -0.25) is 4.79 Å². The molecular formula is C17H26O6. The van der Waals surface area contributed by atoms with Crippen molar-refractivity contribution in [3.05, 3.63) is 35.4 Å². The second-order valence-corrected chi connectivity index (χ2v) is 5.28. The SMILES string of the molecule is CC.CC(=O)c1ccccc1CC1OC(CO)C(O)C(O)C1O. The molecule has 5 atom stereocenters. The summed E-state index contributed by atoms with van der Waals surface area (Å²) in [4.78, 5) is 11.6. The van der Waals surface area contributed by atoms with Crippen LogP contribution in [0.3, 0.4) is 0 Å². The van der Waals surface area contributed by atoms with Crippen LogP contribution in [0.4, 0.5) is 0 Å². The van der Waals surface area contributed by atoms with Gasteiger partial charge in [-0.15, -0.1) is 0 Å². The number of benzene rings is 1. The molecule has 6 nitrogen and oxygen atoms in total. The summed E-state index contributed by atoms with van der Waals surface area (Å²) in [7, 11) is 0. The molecule has 1 heterocycles. The minimum Gasteiger partial charge on any atom is -0.394 e. The largest absolute Gasteiger partial charge is 0.394 e. The van der Waals surface area contributed by atoms with Crippen LogP contribution in [-0.2, 0) is 11.2 Å². The van der Waals surface area contributed by atoms with E-state index in [-0.39, 0.29) is 12.2 Å². The molecular weight excluding hydrogens is 300 g/mol. The van der Waals surface area contributed by atoms with E-state index in [9.17, 15) is 20.1 Å². The summed E-state index contributed by atoms with van der Waals surface area (Å²) < 4.78 is 5.45. The van der Waals surface area contributed by atoms with E-state index in [1.807, 2.05) is 13.8 Å². The molecule has 0 radical (unpaired) electrons. The number of ether oxygens (including phenoxy) is 1. The van der Waals surface area contributed by atoms with Crippen LogP contribution in [0.2, 0.25) is 0 Å². The van der Waals surface area contributed by atoms with E-state index in [1.165, 1.54) is 6.92 Å². The summed E-state index contributed by atoms with van der Waals surface area (Å²) in [5, 5.41) is 38.7. The van der Waals surface area contributed by atoms with Crippen LogP contribution in [0.15, 0.2) is 24.3 Å². The van der Waals surface area contributed by atoms with Crippen LogP contribution < -0.4 is 0 Å². The Kier molecular flexibility index (Phi) is 7.81. The Bertz CT molecular complexity index is 502. The Labute approximate surface area is 136 Å². The lowest BCUT2D eigenvalue weighted by molar-refractivity contribution is -0.228.